The number of rotatable bonds is 16. The summed E-state index contributed by atoms with van der Waals surface area (Å²) in [6, 6.07) is 23.6. The number of carbonyl (C=O) groups excluding carboxylic acids is 4. The molecule has 0 bridgehead atoms. The SMILES string of the molecule is COc1cc2c(c(OC)c1OC)-c1ccc(SC)c(=O)cc1[C@@H](NC(=O)[C@@H](NC(=O)C(F)(F)F)c1ccccc1)CC2.COc1cc2c(c(OC)c1OC)-c1ccc(SC)c(=O)cc1[C@@H](NC(=O)[C@H](NC(=O)C(F)(F)F)c1ccccc1)CC2. The maximum atomic E-state index is 13.6. The molecule has 2 aliphatic rings. The van der Waals surface area contributed by atoms with E-state index in [4.69, 9.17) is 28.4 Å². The number of ether oxygens (including phenoxy) is 6. The molecule has 84 heavy (non-hydrogen) atoms. The fourth-order valence-electron chi connectivity index (χ4n) is 10.1. The molecule has 16 nitrogen and oxygen atoms in total. The number of amides is 4. The highest BCUT2D eigenvalue weighted by atomic mass is 32.2. The molecule has 24 heteroatoms. The van der Waals surface area contributed by atoms with Crippen LogP contribution in [-0.2, 0) is 32.0 Å². The molecular weight excluding hydrogens is 1150 g/mol. The highest BCUT2D eigenvalue weighted by Gasteiger charge is 2.43. The molecule has 8 rings (SSSR count). The molecule has 0 aliphatic heterocycles. The number of aryl methyl sites for hydroxylation is 2. The molecule has 0 unspecified atom stereocenters. The van der Waals surface area contributed by atoms with Crippen LogP contribution in [0.1, 0.15) is 70.4 Å². The van der Waals surface area contributed by atoms with Crippen LogP contribution in [-0.4, -0.2) is 91.2 Å². The van der Waals surface area contributed by atoms with Crippen molar-refractivity contribution in [2.24, 2.45) is 0 Å². The quantitative estimate of drug-likeness (QED) is 0.0526. The second kappa shape index (κ2) is 27.3. The molecule has 0 saturated heterocycles. The normalized spacial score (nSPS) is 14.9. The first-order valence-corrected chi connectivity index (χ1v) is 28.1. The molecule has 0 radical (unpaired) electrons. The number of alkyl halides is 6. The molecule has 4 atom stereocenters. The first-order valence-electron chi connectivity index (χ1n) is 25.6. The summed E-state index contributed by atoms with van der Waals surface area (Å²) in [4.78, 5) is 78.3. The molecule has 6 aromatic carbocycles. The number of hydrogen-bond acceptors (Lipinski definition) is 14. The Balaban J connectivity index is 0.000000241. The molecule has 4 N–H and O–H groups in total. The summed E-state index contributed by atoms with van der Waals surface area (Å²) < 4.78 is 113. The second-order valence-electron chi connectivity index (χ2n) is 18.7. The predicted molar refractivity (Wildman–Crippen MR) is 304 cm³/mol. The lowest BCUT2D eigenvalue weighted by atomic mass is 9.95. The number of halogens is 6. The monoisotopic (exact) mass is 1200 g/mol. The Hall–Kier alpha value is -8.38. The minimum Gasteiger partial charge on any atom is -0.493 e. The summed E-state index contributed by atoms with van der Waals surface area (Å²) in [6.07, 6.45) is -5.56. The van der Waals surface area contributed by atoms with Gasteiger partial charge in [-0.3, -0.25) is 28.8 Å². The minimum absolute atomic E-state index is 0.161. The van der Waals surface area contributed by atoms with Gasteiger partial charge < -0.3 is 49.7 Å². The van der Waals surface area contributed by atoms with Gasteiger partial charge in [0.05, 0.1) is 64.5 Å². The van der Waals surface area contributed by atoms with Gasteiger partial charge in [-0.15, -0.1) is 23.5 Å². The van der Waals surface area contributed by atoms with Crippen molar-refractivity contribution in [3.63, 3.8) is 0 Å². The zero-order valence-corrected chi connectivity index (χ0v) is 48.1. The standard InChI is InChI=1S/2C30H29F3N2O6S/c2*1-39-22-14-17-10-12-20(34-28(37)25(16-8-6-5-7-9-16)35-29(38)30(31,32)33)19-15-21(36)23(42-4)13-11-18(19)24(17)27(41-3)26(22)40-2/h2*5-9,11,13-15,20,25H,10,12H2,1-4H3,(H,34,37)(H,35,38)/t20-,25+;20-,25-/m00/s1. The Labute approximate surface area is 487 Å². The Morgan fingerprint density at radius 2 is 0.833 bits per heavy atom. The number of hydrogen-bond donors (Lipinski definition) is 4. The summed E-state index contributed by atoms with van der Waals surface area (Å²) in [6.45, 7) is 0. The van der Waals surface area contributed by atoms with E-state index in [-0.39, 0.29) is 34.8 Å². The molecule has 6 aromatic rings. The van der Waals surface area contributed by atoms with Crippen LogP contribution in [0, 0.1) is 0 Å². The van der Waals surface area contributed by atoms with Gasteiger partial charge in [-0.1, -0.05) is 72.8 Å². The number of fused-ring (bicyclic) bond motifs is 6. The third kappa shape index (κ3) is 13.8. The Kier molecular flexibility index (Phi) is 20.6. The van der Waals surface area contributed by atoms with E-state index >= 15 is 0 Å². The van der Waals surface area contributed by atoms with E-state index in [1.807, 2.05) is 10.6 Å². The van der Waals surface area contributed by atoms with Gasteiger partial charge in [0.15, 0.2) is 33.9 Å². The average molecular weight is 1210 g/mol. The maximum absolute atomic E-state index is 13.6. The number of nitrogens with one attached hydrogen (secondary N) is 4. The lowest BCUT2D eigenvalue weighted by Gasteiger charge is -2.24. The van der Waals surface area contributed by atoms with Gasteiger partial charge in [0, 0.05) is 11.1 Å². The minimum atomic E-state index is -5.20. The number of thioether (sulfide) groups is 2. The number of benzene rings is 4. The maximum Gasteiger partial charge on any atom is 0.471 e. The summed E-state index contributed by atoms with van der Waals surface area (Å²) in [7, 11) is 8.88. The van der Waals surface area contributed by atoms with Crippen molar-refractivity contribution >= 4 is 47.2 Å². The molecule has 0 saturated carbocycles. The lowest BCUT2D eigenvalue weighted by molar-refractivity contribution is -0.174. The van der Waals surface area contributed by atoms with Crippen molar-refractivity contribution in [3.8, 4) is 56.8 Å². The summed E-state index contributed by atoms with van der Waals surface area (Å²) in [5.41, 5.74) is 4.59. The Morgan fingerprint density at radius 1 is 0.488 bits per heavy atom. The van der Waals surface area contributed by atoms with Crippen LogP contribution < -0.4 is 60.5 Å². The zero-order valence-electron chi connectivity index (χ0n) is 46.5. The van der Waals surface area contributed by atoms with E-state index in [0.717, 1.165) is 11.1 Å². The van der Waals surface area contributed by atoms with E-state index in [2.05, 4.69) is 10.6 Å². The molecule has 2 aliphatic carbocycles. The molecule has 444 valence electrons. The topological polar surface area (TPSA) is 206 Å². The van der Waals surface area contributed by atoms with Crippen molar-refractivity contribution in [2.75, 3.05) is 55.2 Å². The van der Waals surface area contributed by atoms with Crippen LogP contribution >= 0.6 is 23.5 Å². The van der Waals surface area contributed by atoms with E-state index in [9.17, 15) is 55.1 Å². The fraction of sp³-hybridized carbons (Fsp3) is 0.300. The van der Waals surface area contributed by atoms with Crippen LogP contribution in [0.5, 0.6) is 34.5 Å². The summed E-state index contributed by atoms with van der Waals surface area (Å²) >= 11 is 2.51. The zero-order chi connectivity index (χ0) is 61.2. The predicted octanol–water partition coefficient (Wildman–Crippen LogP) is 9.97. The van der Waals surface area contributed by atoms with Gasteiger partial charge in [-0.25, -0.2) is 0 Å². The van der Waals surface area contributed by atoms with E-state index < -0.39 is 60.1 Å². The molecule has 0 spiro atoms. The molecular formula is C60H58F6N4O12S2. The van der Waals surface area contributed by atoms with Gasteiger partial charge in [-0.2, -0.15) is 26.3 Å². The van der Waals surface area contributed by atoms with Gasteiger partial charge in [0.2, 0.25) is 23.3 Å². The van der Waals surface area contributed by atoms with Crippen LogP contribution in [0.25, 0.3) is 22.3 Å². The van der Waals surface area contributed by atoms with Crippen molar-refractivity contribution in [2.45, 2.75) is 72.0 Å². The largest absolute Gasteiger partial charge is 0.493 e. The van der Waals surface area contributed by atoms with Crippen LogP contribution in [0.4, 0.5) is 26.3 Å². The molecule has 0 heterocycles. The fourth-order valence-corrected chi connectivity index (χ4v) is 11.0. The van der Waals surface area contributed by atoms with Gasteiger partial charge in [0.1, 0.15) is 12.1 Å². The van der Waals surface area contributed by atoms with Crippen molar-refractivity contribution in [1.82, 2.24) is 21.3 Å². The lowest BCUT2D eigenvalue weighted by Crippen LogP contribution is -2.46. The first-order chi connectivity index (χ1) is 40.1. The molecule has 0 aromatic heterocycles. The Morgan fingerprint density at radius 3 is 1.13 bits per heavy atom. The van der Waals surface area contributed by atoms with Gasteiger partial charge in [0.25, 0.3) is 0 Å². The van der Waals surface area contributed by atoms with Gasteiger partial charge in [-0.05, 0) is 119 Å². The first kappa shape index (κ1) is 63.2. The van der Waals surface area contributed by atoms with Crippen LogP contribution in [0.15, 0.2) is 129 Å². The van der Waals surface area contributed by atoms with E-state index in [0.29, 0.717) is 90.5 Å². The summed E-state index contributed by atoms with van der Waals surface area (Å²) in [5.74, 6) is -3.98. The average Bonchev–Trinajstić information content (AvgIpc) is 2.23. The highest BCUT2D eigenvalue weighted by Crippen LogP contribution is 2.52. The van der Waals surface area contributed by atoms with Gasteiger partial charge >= 0.3 is 24.2 Å². The number of methoxy groups -OCH3 is 6. The third-order valence-electron chi connectivity index (χ3n) is 13.9. The van der Waals surface area contributed by atoms with E-state index in [1.54, 1.807) is 85.3 Å². The van der Waals surface area contributed by atoms with Crippen LogP contribution in [0.3, 0.4) is 0 Å². The highest BCUT2D eigenvalue weighted by molar-refractivity contribution is 7.98. The van der Waals surface area contributed by atoms with Crippen molar-refractivity contribution in [3.05, 3.63) is 163 Å². The molecule has 4 amide bonds. The smallest absolute Gasteiger partial charge is 0.471 e. The second-order valence-corrected chi connectivity index (χ2v) is 20.4. The molecule has 0 fully saturated rings. The van der Waals surface area contributed by atoms with Crippen LogP contribution in [0.2, 0.25) is 0 Å². The number of carbonyl (C=O) groups is 4. The Bertz CT molecular complexity index is 3330. The van der Waals surface area contributed by atoms with Crippen molar-refractivity contribution < 1.29 is 73.9 Å². The van der Waals surface area contributed by atoms with Crippen molar-refractivity contribution in [1.29, 1.82) is 0 Å². The summed E-state index contributed by atoms with van der Waals surface area (Å²) in [5, 5.41) is 9.24. The third-order valence-corrected chi connectivity index (χ3v) is 15.5. The van der Waals surface area contributed by atoms with E-state index in [1.165, 1.54) is 103 Å².